The van der Waals surface area contributed by atoms with Crippen molar-refractivity contribution in [3.63, 3.8) is 0 Å². The van der Waals surface area contributed by atoms with E-state index in [1.54, 1.807) is 0 Å². The molecule has 0 aromatic heterocycles. The molecular weight excluding hydrogens is 402 g/mol. The lowest BCUT2D eigenvalue weighted by Gasteiger charge is -2.24. The minimum absolute atomic E-state index is 0.226. The lowest BCUT2D eigenvalue weighted by Crippen LogP contribution is -2.24. The topological polar surface area (TPSA) is 48.0 Å². The second kappa shape index (κ2) is 10.7. The number of rotatable bonds is 9. The highest BCUT2D eigenvalue weighted by Crippen LogP contribution is 2.39. The molecule has 0 atom stereocenters. The van der Waals surface area contributed by atoms with Gasteiger partial charge in [0.15, 0.2) is 0 Å². The van der Waals surface area contributed by atoms with Gasteiger partial charge < -0.3 is 19.1 Å². The zero-order chi connectivity index (χ0) is 22.3. The third kappa shape index (κ3) is 5.16. The first-order valence-corrected chi connectivity index (χ1v) is 11.7. The first-order chi connectivity index (χ1) is 15.7. The fourth-order valence-electron chi connectivity index (χ4n) is 4.49. The van der Waals surface area contributed by atoms with Crippen LogP contribution < -0.4 is 9.64 Å². The van der Waals surface area contributed by atoms with Crippen LogP contribution in [0.2, 0.25) is 0 Å². The average Bonchev–Trinajstić information content (AvgIpc) is 3.22. The highest BCUT2D eigenvalue weighted by atomic mass is 16.5. The molecule has 170 valence electrons. The summed E-state index contributed by atoms with van der Waals surface area (Å²) in [7, 11) is 1.45. The van der Waals surface area contributed by atoms with Crippen molar-refractivity contribution in [1.29, 1.82) is 0 Å². The standard InChI is InChI=1S/C27H33NO4/c1-3-4-14-31-15-16-32-25-9-7-20(8-10-25)23-17-21-11-13-28-12-5-6-22(27(29)30-2)18-24(19-23)26(21)28/h7-10,17-19H,3-6,11-16H2,1-2H3. The van der Waals surface area contributed by atoms with E-state index in [1.165, 1.54) is 18.4 Å². The zero-order valence-corrected chi connectivity index (χ0v) is 19.2. The Hall–Kier alpha value is -2.79. The van der Waals surface area contributed by atoms with E-state index in [-0.39, 0.29) is 5.97 Å². The fraction of sp³-hybridized carbons (Fsp3) is 0.444. The minimum atomic E-state index is -0.226. The van der Waals surface area contributed by atoms with Gasteiger partial charge in [0.1, 0.15) is 12.4 Å². The summed E-state index contributed by atoms with van der Waals surface area (Å²) in [5.41, 5.74) is 6.80. The molecule has 2 aromatic rings. The lowest BCUT2D eigenvalue weighted by atomic mass is 9.95. The first-order valence-electron chi connectivity index (χ1n) is 11.7. The molecule has 0 aliphatic carbocycles. The smallest absolute Gasteiger partial charge is 0.333 e. The number of hydrogen-bond acceptors (Lipinski definition) is 5. The van der Waals surface area contributed by atoms with Crippen LogP contribution in [-0.2, 0) is 20.7 Å². The van der Waals surface area contributed by atoms with Gasteiger partial charge in [-0.2, -0.15) is 0 Å². The van der Waals surface area contributed by atoms with Crippen LogP contribution in [0.4, 0.5) is 5.69 Å². The molecule has 0 saturated heterocycles. The summed E-state index contributed by atoms with van der Waals surface area (Å²) >= 11 is 0. The van der Waals surface area contributed by atoms with Gasteiger partial charge in [-0.1, -0.05) is 25.5 Å². The van der Waals surface area contributed by atoms with Gasteiger partial charge in [-0.25, -0.2) is 4.79 Å². The predicted octanol–water partition coefficient (Wildman–Crippen LogP) is 5.26. The molecule has 32 heavy (non-hydrogen) atoms. The van der Waals surface area contributed by atoms with Gasteiger partial charge >= 0.3 is 5.97 Å². The molecule has 0 spiro atoms. The Morgan fingerprint density at radius 3 is 2.62 bits per heavy atom. The number of benzene rings is 2. The van der Waals surface area contributed by atoms with Gasteiger partial charge in [-0.15, -0.1) is 0 Å². The number of methoxy groups -OCH3 is 1. The van der Waals surface area contributed by atoms with Crippen molar-refractivity contribution in [3.05, 3.63) is 53.1 Å². The summed E-state index contributed by atoms with van der Waals surface area (Å²) in [6.07, 6.45) is 7.01. The van der Waals surface area contributed by atoms with Crippen molar-refractivity contribution in [2.24, 2.45) is 0 Å². The number of carbonyl (C=O) groups excluding carboxylic acids is 1. The van der Waals surface area contributed by atoms with Gasteiger partial charge in [0, 0.05) is 31.0 Å². The van der Waals surface area contributed by atoms with Gasteiger partial charge in [0.2, 0.25) is 0 Å². The Labute approximate surface area is 191 Å². The molecule has 2 aliphatic rings. The van der Waals surface area contributed by atoms with Gasteiger partial charge in [-0.3, -0.25) is 0 Å². The number of nitrogens with zero attached hydrogens (tertiary/aromatic N) is 1. The van der Waals surface area contributed by atoms with E-state index < -0.39 is 0 Å². The van der Waals surface area contributed by atoms with E-state index in [2.05, 4.69) is 36.1 Å². The maximum absolute atomic E-state index is 12.2. The first kappa shape index (κ1) is 22.4. The molecule has 0 saturated carbocycles. The molecule has 0 bridgehead atoms. The number of unbranched alkanes of at least 4 members (excludes halogenated alkanes) is 1. The Bertz CT molecular complexity index is 964. The van der Waals surface area contributed by atoms with E-state index in [0.29, 0.717) is 13.2 Å². The van der Waals surface area contributed by atoms with Crippen molar-refractivity contribution < 1.29 is 19.0 Å². The molecule has 0 radical (unpaired) electrons. The van der Waals surface area contributed by atoms with Crippen LogP contribution in [0.5, 0.6) is 5.75 Å². The summed E-state index contributed by atoms with van der Waals surface area (Å²) < 4.78 is 16.4. The molecule has 2 aromatic carbocycles. The Morgan fingerprint density at radius 1 is 1.00 bits per heavy atom. The summed E-state index contributed by atoms with van der Waals surface area (Å²) in [6, 6.07) is 12.7. The summed E-state index contributed by atoms with van der Waals surface area (Å²) in [5.74, 6) is 0.624. The van der Waals surface area contributed by atoms with Crippen LogP contribution >= 0.6 is 0 Å². The molecule has 2 heterocycles. The van der Waals surface area contributed by atoms with E-state index in [4.69, 9.17) is 14.2 Å². The molecular formula is C27H33NO4. The molecule has 0 unspecified atom stereocenters. The Balaban J connectivity index is 1.53. The minimum Gasteiger partial charge on any atom is -0.491 e. The molecule has 0 N–H and O–H groups in total. The summed E-state index contributed by atoms with van der Waals surface area (Å²) in [4.78, 5) is 14.7. The molecule has 4 rings (SSSR count). The van der Waals surface area contributed by atoms with Crippen molar-refractivity contribution in [1.82, 2.24) is 0 Å². The predicted molar refractivity (Wildman–Crippen MR) is 128 cm³/mol. The maximum atomic E-state index is 12.2. The monoisotopic (exact) mass is 435 g/mol. The van der Waals surface area contributed by atoms with E-state index in [0.717, 1.165) is 79.8 Å². The van der Waals surface area contributed by atoms with Gasteiger partial charge in [0.25, 0.3) is 0 Å². The molecule has 2 aliphatic heterocycles. The van der Waals surface area contributed by atoms with E-state index in [1.807, 2.05) is 18.2 Å². The van der Waals surface area contributed by atoms with Crippen molar-refractivity contribution >= 4 is 17.7 Å². The van der Waals surface area contributed by atoms with Crippen LogP contribution in [0.3, 0.4) is 0 Å². The van der Waals surface area contributed by atoms with Crippen LogP contribution in [0, 0.1) is 0 Å². The average molecular weight is 436 g/mol. The fourth-order valence-corrected chi connectivity index (χ4v) is 4.49. The molecule has 5 heteroatoms. The lowest BCUT2D eigenvalue weighted by molar-refractivity contribution is -0.136. The van der Waals surface area contributed by atoms with Gasteiger partial charge in [0.05, 0.1) is 13.7 Å². The molecule has 0 fully saturated rings. The van der Waals surface area contributed by atoms with Crippen molar-refractivity contribution in [2.45, 2.75) is 39.0 Å². The quantitative estimate of drug-likeness (QED) is 0.397. The zero-order valence-electron chi connectivity index (χ0n) is 19.2. The third-order valence-corrected chi connectivity index (χ3v) is 6.16. The van der Waals surface area contributed by atoms with Gasteiger partial charge in [-0.05, 0) is 78.3 Å². The van der Waals surface area contributed by atoms with Crippen molar-refractivity contribution in [2.75, 3.05) is 44.9 Å². The maximum Gasteiger partial charge on any atom is 0.333 e. The number of anilines is 1. The second-order valence-corrected chi connectivity index (χ2v) is 8.41. The highest BCUT2D eigenvalue weighted by Gasteiger charge is 2.25. The van der Waals surface area contributed by atoms with Crippen LogP contribution in [-0.4, -0.2) is 46.0 Å². The number of ether oxygens (including phenoxy) is 3. The molecule has 5 nitrogen and oxygen atoms in total. The number of carbonyl (C=O) groups is 1. The highest BCUT2D eigenvalue weighted by molar-refractivity contribution is 5.96. The van der Waals surface area contributed by atoms with Crippen LogP contribution in [0.15, 0.2) is 42.0 Å². The Morgan fingerprint density at radius 2 is 1.84 bits per heavy atom. The normalized spacial score (nSPS) is 14.9. The summed E-state index contributed by atoms with van der Waals surface area (Å²) in [6.45, 7) is 6.14. The second-order valence-electron chi connectivity index (χ2n) is 8.41. The third-order valence-electron chi connectivity index (χ3n) is 6.16. The molecule has 0 amide bonds. The van der Waals surface area contributed by atoms with Crippen LogP contribution in [0.25, 0.3) is 17.2 Å². The SMILES string of the molecule is CCCCOCCOc1ccc(-c2cc3c4c(c2)CCN4CCCC(C(=O)OC)=C3)cc1. The Kier molecular flexibility index (Phi) is 7.48. The number of hydrogen-bond donors (Lipinski definition) is 0. The van der Waals surface area contributed by atoms with Crippen molar-refractivity contribution in [3.8, 4) is 16.9 Å². The van der Waals surface area contributed by atoms with E-state index >= 15 is 0 Å². The summed E-state index contributed by atoms with van der Waals surface area (Å²) in [5, 5.41) is 0. The number of esters is 1. The largest absolute Gasteiger partial charge is 0.491 e. The van der Waals surface area contributed by atoms with E-state index in [9.17, 15) is 4.79 Å². The van der Waals surface area contributed by atoms with Crippen LogP contribution in [0.1, 0.15) is 43.7 Å².